The molecular weight excluding hydrogens is 732 g/mol. The van der Waals surface area contributed by atoms with Crippen molar-refractivity contribution in [1.29, 1.82) is 0 Å². The molecule has 1 N–H and O–H groups in total. The summed E-state index contributed by atoms with van der Waals surface area (Å²) in [5.41, 5.74) is 1.52. The Labute approximate surface area is 306 Å². The van der Waals surface area contributed by atoms with Gasteiger partial charge in [-0.25, -0.2) is 13.8 Å². The van der Waals surface area contributed by atoms with E-state index in [4.69, 9.17) is 21.1 Å². The van der Waals surface area contributed by atoms with Crippen molar-refractivity contribution in [2.24, 2.45) is 7.05 Å². The number of anilines is 1. The highest BCUT2D eigenvalue weighted by molar-refractivity contribution is 6.34. The third kappa shape index (κ3) is 9.11. The van der Waals surface area contributed by atoms with Crippen LogP contribution in [0.25, 0.3) is 10.9 Å². The molecule has 0 atom stereocenters. The van der Waals surface area contributed by atoms with Crippen molar-refractivity contribution in [2.75, 3.05) is 38.1 Å². The molecule has 2 aromatic heterocycles. The topological polar surface area (TPSA) is 88.9 Å². The number of hydrogen-bond acceptors (Lipinski definition) is 6. The lowest BCUT2D eigenvalue weighted by atomic mass is 10.1. The number of rotatable bonds is 10. The molecule has 0 spiro atoms. The number of carbonyl (C=O) groups is 2. The van der Waals surface area contributed by atoms with E-state index in [1.54, 1.807) is 24.3 Å². The van der Waals surface area contributed by atoms with Crippen molar-refractivity contribution < 1.29 is 41.0 Å². The standard InChI is InChI=1S/C36H31ClF5N5O4.ClH/c1-45-30-18-27(51-33-11-6-25(19-43-33)44-34(48)28-10-5-24(17-29(28)37)36(40,41)42)9-4-23(30)16-31(45)35(49)47-14-12-46(13-15-47)20-22-2-7-26(8-3-22)50-21-32(38)39;/h2-11,16-19,32H,12-15,20-21H2,1H3,(H,44,48);1H. The van der Waals surface area contributed by atoms with Crippen molar-refractivity contribution in [1.82, 2.24) is 19.4 Å². The predicted octanol–water partition coefficient (Wildman–Crippen LogP) is 8.31. The number of piperazine rings is 1. The van der Waals surface area contributed by atoms with E-state index in [2.05, 4.69) is 15.2 Å². The molecule has 0 radical (unpaired) electrons. The average molecular weight is 765 g/mol. The molecule has 52 heavy (non-hydrogen) atoms. The second-order valence-corrected chi connectivity index (χ2v) is 12.3. The van der Waals surface area contributed by atoms with Gasteiger partial charge in [-0.05, 0) is 60.2 Å². The maximum Gasteiger partial charge on any atom is 0.416 e. The quantitative estimate of drug-likeness (QED) is 0.144. The van der Waals surface area contributed by atoms with E-state index in [9.17, 15) is 31.5 Å². The van der Waals surface area contributed by atoms with Gasteiger partial charge < -0.3 is 24.3 Å². The molecule has 3 heterocycles. The summed E-state index contributed by atoms with van der Waals surface area (Å²) in [6.07, 6.45) is -5.77. The minimum absolute atomic E-state index is 0. The van der Waals surface area contributed by atoms with E-state index in [1.165, 1.54) is 18.3 Å². The number of fused-ring (bicyclic) bond motifs is 1. The van der Waals surface area contributed by atoms with Crippen molar-refractivity contribution in [3.63, 3.8) is 0 Å². The zero-order valence-electron chi connectivity index (χ0n) is 27.5. The summed E-state index contributed by atoms with van der Waals surface area (Å²) in [5.74, 6) is 0.292. The van der Waals surface area contributed by atoms with Crippen molar-refractivity contribution in [2.45, 2.75) is 19.1 Å². The maximum atomic E-state index is 13.5. The van der Waals surface area contributed by atoms with Gasteiger partial charge in [0.15, 0.2) is 0 Å². The van der Waals surface area contributed by atoms with Gasteiger partial charge in [-0.1, -0.05) is 23.7 Å². The molecule has 0 unspecified atom stereocenters. The highest BCUT2D eigenvalue weighted by Gasteiger charge is 2.31. The smallest absolute Gasteiger partial charge is 0.416 e. The van der Waals surface area contributed by atoms with Gasteiger partial charge >= 0.3 is 6.18 Å². The van der Waals surface area contributed by atoms with Crippen LogP contribution in [0.4, 0.5) is 27.6 Å². The lowest BCUT2D eigenvalue weighted by Crippen LogP contribution is -2.48. The first-order valence-corrected chi connectivity index (χ1v) is 16.1. The van der Waals surface area contributed by atoms with Gasteiger partial charge in [-0.2, -0.15) is 13.2 Å². The number of pyridine rings is 1. The summed E-state index contributed by atoms with van der Waals surface area (Å²) < 4.78 is 76.3. The normalized spacial score (nSPS) is 13.6. The zero-order chi connectivity index (χ0) is 36.3. The Morgan fingerprint density at radius 1 is 0.923 bits per heavy atom. The van der Waals surface area contributed by atoms with Crippen LogP contribution in [-0.2, 0) is 19.8 Å². The largest absolute Gasteiger partial charge is 0.488 e. The molecular formula is C36H32Cl2F5N5O4. The fraction of sp³-hybridized carbons (Fsp3) is 0.250. The van der Waals surface area contributed by atoms with E-state index in [0.29, 0.717) is 56.0 Å². The minimum atomic E-state index is -4.58. The van der Waals surface area contributed by atoms with Crippen LogP contribution in [0, 0.1) is 0 Å². The van der Waals surface area contributed by atoms with Crippen molar-refractivity contribution in [3.8, 4) is 17.4 Å². The molecule has 9 nitrogen and oxygen atoms in total. The van der Waals surface area contributed by atoms with Crippen LogP contribution in [0.15, 0.2) is 85.1 Å². The monoisotopic (exact) mass is 763 g/mol. The number of aromatic nitrogens is 2. The van der Waals surface area contributed by atoms with E-state index >= 15 is 0 Å². The molecule has 0 aliphatic carbocycles. The minimum Gasteiger partial charge on any atom is -0.488 e. The first-order valence-electron chi connectivity index (χ1n) is 15.8. The summed E-state index contributed by atoms with van der Waals surface area (Å²) in [4.78, 5) is 34.4. The summed E-state index contributed by atoms with van der Waals surface area (Å²) in [6, 6.07) is 19.8. The third-order valence-corrected chi connectivity index (χ3v) is 8.67. The van der Waals surface area contributed by atoms with Crippen LogP contribution >= 0.6 is 24.0 Å². The highest BCUT2D eigenvalue weighted by atomic mass is 35.5. The lowest BCUT2D eigenvalue weighted by molar-refractivity contribution is -0.137. The lowest BCUT2D eigenvalue weighted by Gasteiger charge is -2.34. The number of hydrogen-bond donors (Lipinski definition) is 1. The van der Waals surface area contributed by atoms with Crippen LogP contribution in [0.1, 0.15) is 32.0 Å². The molecule has 3 aromatic carbocycles. The first-order chi connectivity index (χ1) is 24.3. The van der Waals surface area contributed by atoms with Gasteiger partial charge in [0.1, 0.15) is 23.8 Å². The molecule has 1 aliphatic heterocycles. The fourth-order valence-corrected chi connectivity index (χ4v) is 5.93. The molecule has 2 amide bonds. The predicted molar refractivity (Wildman–Crippen MR) is 188 cm³/mol. The number of benzene rings is 3. The fourth-order valence-electron chi connectivity index (χ4n) is 5.67. The number of ether oxygens (including phenoxy) is 2. The molecule has 1 saturated heterocycles. The van der Waals surface area contributed by atoms with Gasteiger partial charge in [0.05, 0.1) is 33.6 Å². The Bertz CT molecular complexity index is 2030. The maximum absolute atomic E-state index is 13.5. The van der Waals surface area contributed by atoms with Crippen LogP contribution in [0.3, 0.4) is 0 Å². The van der Waals surface area contributed by atoms with Crippen molar-refractivity contribution >= 4 is 52.4 Å². The number of aryl methyl sites for hydroxylation is 1. The Kier molecular flexibility index (Phi) is 11.9. The number of carbonyl (C=O) groups excluding carboxylic acids is 2. The molecule has 5 aromatic rings. The zero-order valence-corrected chi connectivity index (χ0v) is 29.1. The molecule has 1 aliphatic rings. The molecule has 0 bridgehead atoms. The number of amides is 2. The van der Waals surface area contributed by atoms with Crippen LogP contribution in [0.5, 0.6) is 17.4 Å². The highest BCUT2D eigenvalue weighted by Crippen LogP contribution is 2.33. The van der Waals surface area contributed by atoms with Gasteiger partial charge in [0.2, 0.25) is 5.88 Å². The van der Waals surface area contributed by atoms with E-state index < -0.39 is 30.7 Å². The SMILES string of the molecule is Cl.Cn1c(C(=O)N2CCN(Cc3ccc(OCC(F)F)cc3)CC2)cc2ccc(Oc3ccc(NC(=O)c4ccc(C(F)(F)F)cc4Cl)cn3)cc21. The Morgan fingerprint density at radius 2 is 1.63 bits per heavy atom. The number of alkyl halides is 5. The second kappa shape index (κ2) is 16.2. The summed E-state index contributed by atoms with van der Waals surface area (Å²) in [5, 5.41) is 3.07. The summed E-state index contributed by atoms with van der Waals surface area (Å²) in [7, 11) is 1.81. The van der Waals surface area contributed by atoms with Crippen LogP contribution < -0.4 is 14.8 Å². The number of halogens is 7. The number of nitrogens with zero attached hydrogens (tertiary/aromatic N) is 4. The Morgan fingerprint density at radius 3 is 2.27 bits per heavy atom. The molecule has 16 heteroatoms. The van der Waals surface area contributed by atoms with E-state index in [1.807, 2.05) is 40.8 Å². The van der Waals surface area contributed by atoms with Gasteiger partial charge in [0.25, 0.3) is 18.2 Å². The molecule has 1 fully saturated rings. The van der Waals surface area contributed by atoms with Crippen LogP contribution in [-0.4, -0.2) is 70.4 Å². The third-order valence-electron chi connectivity index (χ3n) is 8.36. The molecule has 0 saturated carbocycles. The molecule has 274 valence electrons. The molecule has 6 rings (SSSR count). The Hall–Kier alpha value is -4.92. The van der Waals surface area contributed by atoms with E-state index in [0.717, 1.165) is 28.6 Å². The van der Waals surface area contributed by atoms with Crippen molar-refractivity contribution in [3.05, 3.63) is 112 Å². The first kappa shape index (κ1) is 38.3. The van der Waals surface area contributed by atoms with E-state index in [-0.39, 0.29) is 40.5 Å². The van der Waals surface area contributed by atoms with Gasteiger partial charge in [-0.15, -0.1) is 12.4 Å². The average Bonchev–Trinajstić information content (AvgIpc) is 3.43. The number of nitrogens with one attached hydrogen (secondary N) is 1. The van der Waals surface area contributed by atoms with Gasteiger partial charge in [0, 0.05) is 57.3 Å². The van der Waals surface area contributed by atoms with Gasteiger partial charge in [-0.3, -0.25) is 14.5 Å². The second-order valence-electron chi connectivity index (χ2n) is 11.9. The van der Waals surface area contributed by atoms with Crippen LogP contribution in [0.2, 0.25) is 5.02 Å². The summed E-state index contributed by atoms with van der Waals surface area (Å²) >= 11 is 5.93. The summed E-state index contributed by atoms with van der Waals surface area (Å²) in [6.45, 7) is 2.46. The Balaban J connectivity index is 0.00000523.